The van der Waals surface area contributed by atoms with E-state index in [1.54, 1.807) is 0 Å². The van der Waals surface area contributed by atoms with Crippen molar-refractivity contribution in [1.82, 2.24) is 10.2 Å². The summed E-state index contributed by atoms with van der Waals surface area (Å²) in [5.74, 6) is 0.149. The van der Waals surface area contributed by atoms with Crippen LogP contribution in [0.15, 0.2) is 24.3 Å². The van der Waals surface area contributed by atoms with Crippen LogP contribution in [0.3, 0.4) is 0 Å². The number of rotatable bonds is 6. The first-order valence-corrected chi connectivity index (χ1v) is 7.92. The van der Waals surface area contributed by atoms with Crippen molar-refractivity contribution < 1.29 is 4.79 Å². The number of nitrogens with one attached hydrogen (secondary N) is 1. The highest BCUT2D eigenvalue weighted by Gasteiger charge is 2.21. The van der Waals surface area contributed by atoms with Crippen LogP contribution in [0.2, 0.25) is 0 Å². The number of hydrogen-bond donors (Lipinski definition) is 1. The third-order valence-corrected chi connectivity index (χ3v) is 4.01. The van der Waals surface area contributed by atoms with Gasteiger partial charge in [-0.1, -0.05) is 6.92 Å². The molecule has 1 amide bonds. The standard InChI is InChI=1S/C17H27N3O/c1-4-12-20(13-15-6-5-11-18-15)17(21)14-7-9-16(10-8-14)19(2)3/h7-10,15,18H,4-6,11-13H2,1-3H3. The Kier molecular flexibility index (Phi) is 5.62. The van der Waals surface area contributed by atoms with Crippen LogP contribution in [-0.4, -0.2) is 50.6 Å². The van der Waals surface area contributed by atoms with Gasteiger partial charge in [-0.05, 0) is 50.1 Å². The predicted molar refractivity (Wildman–Crippen MR) is 88.0 cm³/mol. The lowest BCUT2D eigenvalue weighted by Crippen LogP contribution is -2.41. The van der Waals surface area contributed by atoms with Gasteiger partial charge in [0.15, 0.2) is 0 Å². The van der Waals surface area contributed by atoms with E-state index in [-0.39, 0.29) is 5.91 Å². The van der Waals surface area contributed by atoms with Crippen LogP contribution in [-0.2, 0) is 0 Å². The summed E-state index contributed by atoms with van der Waals surface area (Å²) >= 11 is 0. The van der Waals surface area contributed by atoms with Crippen molar-refractivity contribution in [3.8, 4) is 0 Å². The number of amides is 1. The molecule has 1 saturated heterocycles. The molecule has 0 aliphatic carbocycles. The number of carbonyl (C=O) groups is 1. The molecule has 1 aliphatic heterocycles. The van der Waals surface area contributed by atoms with Crippen molar-refractivity contribution in [2.24, 2.45) is 0 Å². The molecule has 21 heavy (non-hydrogen) atoms. The zero-order valence-electron chi connectivity index (χ0n) is 13.4. The van der Waals surface area contributed by atoms with Crippen molar-refractivity contribution in [3.63, 3.8) is 0 Å². The Labute approximate surface area is 128 Å². The van der Waals surface area contributed by atoms with E-state index in [2.05, 4.69) is 12.2 Å². The van der Waals surface area contributed by atoms with E-state index in [9.17, 15) is 4.79 Å². The van der Waals surface area contributed by atoms with Crippen LogP contribution in [0, 0.1) is 0 Å². The maximum Gasteiger partial charge on any atom is 0.253 e. The molecule has 0 aromatic heterocycles. The summed E-state index contributed by atoms with van der Waals surface area (Å²) in [6.07, 6.45) is 3.39. The molecule has 4 heteroatoms. The van der Waals surface area contributed by atoms with Crippen molar-refractivity contribution in [2.75, 3.05) is 38.6 Å². The van der Waals surface area contributed by atoms with Crippen LogP contribution in [0.1, 0.15) is 36.5 Å². The first-order valence-electron chi connectivity index (χ1n) is 7.92. The fraction of sp³-hybridized carbons (Fsp3) is 0.588. The van der Waals surface area contributed by atoms with E-state index in [0.717, 1.165) is 37.3 Å². The average Bonchev–Trinajstić information content (AvgIpc) is 2.99. The summed E-state index contributed by atoms with van der Waals surface area (Å²) in [6.45, 7) is 4.85. The molecule has 1 atom stereocenters. The molecule has 1 aromatic rings. The van der Waals surface area contributed by atoms with Gasteiger partial charge in [0.05, 0.1) is 0 Å². The van der Waals surface area contributed by atoms with E-state index in [4.69, 9.17) is 0 Å². The molecule has 0 radical (unpaired) electrons. The van der Waals surface area contributed by atoms with Crippen LogP contribution in [0.4, 0.5) is 5.69 Å². The topological polar surface area (TPSA) is 35.6 Å². The fourth-order valence-corrected chi connectivity index (χ4v) is 2.81. The molecule has 1 unspecified atom stereocenters. The third-order valence-electron chi connectivity index (χ3n) is 4.01. The van der Waals surface area contributed by atoms with E-state index in [1.165, 1.54) is 12.8 Å². The van der Waals surface area contributed by atoms with Crippen LogP contribution < -0.4 is 10.2 Å². The number of hydrogen-bond acceptors (Lipinski definition) is 3. The van der Waals surface area contributed by atoms with Gasteiger partial charge < -0.3 is 15.1 Å². The Morgan fingerprint density at radius 3 is 2.52 bits per heavy atom. The molecule has 1 aromatic carbocycles. The predicted octanol–water partition coefficient (Wildman–Crippen LogP) is 2.36. The zero-order chi connectivity index (χ0) is 15.2. The molecule has 1 aliphatic rings. The molecule has 1 fully saturated rings. The van der Waals surface area contributed by atoms with Gasteiger partial charge in [-0.2, -0.15) is 0 Å². The third kappa shape index (κ3) is 4.21. The number of anilines is 1. The van der Waals surface area contributed by atoms with Crippen molar-refractivity contribution in [3.05, 3.63) is 29.8 Å². The molecule has 0 bridgehead atoms. The SMILES string of the molecule is CCCN(CC1CCCN1)C(=O)c1ccc(N(C)C)cc1. The minimum Gasteiger partial charge on any atom is -0.378 e. The molecule has 0 saturated carbocycles. The highest BCUT2D eigenvalue weighted by atomic mass is 16.2. The number of benzene rings is 1. The molecule has 1 heterocycles. The number of carbonyl (C=O) groups excluding carboxylic acids is 1. The lowest BCUT2D eigenvalue weighted by molar-refractivity contribution is 0.0742. The summed E-state index contributed by atoms with van der Waals surface area (Å²) in [4.78, 5) is 16.7. The van der Waals surface area contributed by atoms with Crippen LogP contribution in [0.25, 0.3) is 0 Å². The van der Waals surface area contributed by atoms with E-state index in [0.29, 0.717) is 6.04 Å². The van der Waals surface area contributed by atoms with Gasteiger partial charge in [-0.25, -0.2) is 0 Å². The average molecular weight is 289 g/mol. The molecular weight excluding hydrogens is 262 g/mol. The quantitative estimate of drug-likeness (QED) is 0.873. The van der Waals surface area contributed by atoms with E-state index in [1.807, 2.05) is 48.2 Å². The Bertz CT molecular complexity index is 450. The maximum atomic E-state index is 12.7. The maximum absolute atomic E-state index is 12.7. The Balaban J connectivity index is 2.05. The molecule has 0 spiro atoms. The molecule has 1 N–H and O–H groups in total. The fourth-order valence-electron chi connectivity index (χ4n) is 2.81. The van der Waals surface area contributed by atoms with Gasteiger partial charge in [0, 0.05) is 44.5 Å². The summed E-state index contributed by atoms with van der Waals surface area (Å²) in [5, 5.41) is 3.48. The van der Waals surface area contributed by atoms with Gasteiger partial charge in [0.1, 0.15) is 0 Å². The lowest BCUT2D eigenvalue weighted by atomic mass is 10.1. The highest BCUT2D eigenvalue weighted by Crippen LogP contribution is 2.15. The lowest BCUT2D eigenvalue weighted by Gasteiger charge is -2.26. The smallest absolute Gasteiger partial charge is 0.253 e. The van der Waals surface area contributed by atoms with Gasteiger partial charge >= 0.3 is 0 Å². The first kappa shape index (κ1) is 15.8. The second-order valence-electron chi connectivity index (χ2n) is 5.99. The van der Waals surface area contributed by atoms with Crippen LogP contribution >= 0.6 is 0 Å². The minimum atomic E-state index is 0.149. The molecule has 116 valence electrons. The Morgan fingerprint density at radius 2 is 2.00 bits per heavy atom. The molecule has 2 rings (SSSR count). The van der Waals surface area contributed by atoms with Gasteiger partial charge in [0.25, 0.3) is 5.91 Å². The molecular formula is C17H27N3O. The van der Waals surface area contributed by atoms with Gasteiger partial charge in [-0.15, -0.1) is 0 Å². The highest BCUT2D eigenvalue weighted by molar-refractivity contribution is 5.94. The second kappa shape index (κ2) is 7.46. The van der Waals surface area contributed by atoms with E-state index < -0.39 is 0 Å². The van der Waals surface area contributed by atoms with Crippen LogP contribution in [0.5, 0.6) is 0 Å². The van der Waals surface area contributed by atoms with Crippen molar-refractivity contribution >= 4 is 11.6 Å². The van der Waals surface area contributed by atoms with Crippen molar-refractivity contribution in [2.45, 2.75) is 32.2 Å². The minimum absolute atomic E-state index is 0.149. The summed E-state index contributed by atoms with van der Waals surface area (Å²) < 4.78 is 0. The zero-order valence-corrected chi connectivity index (χ0v) is 13.4. The summed E-state index contributed by atoms with van der Waals surface area (Å²) in [6, 6.07) is 8.34. The van der Waals surface area contributed by atoms with Gasteiger partial charge in [0.2, 0.25) is 0 Å². The Hall–Kier alpha value is -1.55. The molecule has 4 nitrogen and oxygen atoms in total. The number of nitrogens with zero attached hydrogens (tertiary/aromatic N) is 2. The normalized spacial score (nSPS) is 17.8. The van der Waals surface area contributed by atoms with Crippen molar-refractivity contribution in [1.29, 1.82) is 0 Å². The summed E-state index contributed by atoms with van der Waals surface area (Å²) in [5.41, 5.74) is 1.90. The monoisotopic (exact) mass is 289 g/mol. The second-order valence-corrected chi connectivity index (χ2v) is 5.99. The first-order chi connectivity index (χ1) is 10.1. The largest absolute Gasteiger partial charge is 0.378 e. The Morgan fingerprint density at radius 1 is 1.29 bits per heavy atom. The summed E-state index contributed by atoms with van der Waals surface area (Å²) in [7, 11) is 4.01. The van der Waals surface area contributed by atoms with Gasteiger partial charge in [-0.3, -0.25) is 4.79 Å². The van der Waals surface area contributed by atoms with E-state index >= 15 is 0 Å².